The van der Waals surface area contributed by atoms with Crippen LogP contribution >= 0.6 is 11.8 Å². The molecule has 208 valence electrons. The Morgan fingerprint density at radius 1 is 1.19 bits per heavy atom. The summed E-state index contributed by atoms with van der Waals surface area (Å²) in [6, 6.07) is 0. The summed E-state index contributed by atoms with van der Waals surface area (Å²) >= 11 is 1.72. The average molecular weight is 539 g/mol. The van der Waals surface area contributed by atoms with Crippen molar-refractivity contribution < 1.29 is 35.2 Å². The van der Waals surface area contributed by atoms with E-state index in [0.717, 1.165) is 17.9 Å². The van der Waals surface area contributed by atoms with Crippen molar-refractivity contribution >= 4 is 35.7 Å². The molecular weight excluding hydrogens is 496 g/mol. The van der Waals surface area contributed by atoms with Crippen molar-refractivity contribution in [2.45, 2.75) is 47.0 Å². The maximum atomic E-state index is 12.7. The summed E-state index contributed by atoms with van der Waals surface area (Å²) in [5.74, 6) is -0.109. The number of thioether (sulfide) groups is 1. The monoisotopic (exact) mass is 538 g/mol. The summed E-state index contributed by atoms with van der Waals surface area (Å²) in [6.07, 6.45) is 13.1. The van der Waals surface area contributed by atoms with Gasteiger partial charge in [-0.2, -0.15) is 11.8 Å². The summed E-state index contributed by atoms with van der Waals surface area (Å²) in [6.45, 7) is 14.4. The van der Waals surface area contributed by atoms with Gasteiger partial charge in [0.15, 0.2) is 0 Å². The zero-order valence-electron chi connectivity index (χ0n) is 22.2. The second-order valence-corrected chi connectivity index (χ2v) is 8.32. The highest BCUT2D eigenvalue weighted by atomic mass is 32.2. The Hall–Kier alpha value is -3.34. The maximum Gasteiger partial charge on any atom is 0.355 e. The number of aliphatic carboxylic acids is 1. The number of hydrogen-bond donors (Lipinski definition) is 3. The lowest BCUT2D eigenvalue weighted by atomic mass is 10.0. The van der Waals surface area contributed by atoms with Crippen LogP contribution in [0.25, 0.3) is 6.08 Å². The molecule has 0 aliphatic rings. The molecule has 1 amide bonds. The molecule has 0 fully saturated rings. The third kappa shape index (κ3) is 15.4. The predicted molar refractivity (Wildman–Crippen MR) is 153 cm³/mol. The van der Waals surface area contributed by atoms with Gasteiger partial charge in [-0.25, -0.2) is 4.79 Å². The van der Waals surface area contributed by atoms with Crippen LogP contribution in [0.15, 0.2) is 55.3 Å². The van der Waals surface area contributed by atoms with Crippen molar-refractivity contribution in [3.8, 4) is 0 Å². The quantitative estimate of drug-likeness (QED) is 0.106. The lowest BCUT2D eigenvalue weighted by molar-refractivity contribution is -0.137. The van der Waals surface area contributed by atoms with Crippen LogP contribution in [0.3, 0.4) is 0 Å². The second-order valence-electron chi connectivity index (χ2n) is 7.17. The fraction of sp³-hybridized carbons (Fsp3) is 0.370. The van der Waals surface area contributed by atoms with Crippen molar-refractivity contribution in [3.05, 3.63) is 77.8 Å². The minimum absolute atomic E-state index is 0. The molecule has 0 radical (unpaired) electrons. The molecule has 1 aromatic heterocycles. The highest BCUT2D eigenvalue weighted by Crippen LogP contribution is 2.24. The van der Waals surface area contributed by atoms with E-state index in [-0.39, 0.29) is 42.0 Å². The molecule has 0 spiro atoms. The first-order valence-electron chi connectivity index (χ1n) is 11.4. The molecule has 0 atom stereocenters. The summed E-state index contributed by atoms with van der Waals surface area (Å²) in [7, 11) is 0. The van der Waals surface area contributed by atoms with E-state index in [1.54, 1.807) is 56.8 Å². The molecule has 1 aromatic rings. The van der Waals surface area contributed by atoms with Crippen LogP contribution in [0.1, 0.15) is 60.9 Å². The fourth-order valence-electron chi connectivity index (χ4n) is 2.82. The van der Waals surface area contributed by atoms with Crippen LogP contribution in [0, 0.1) is 6.92 Å². The number of hydrogen-bond acceptors (Lipinski definition) is 5. The largest absolute Gasteiger partial charge is 0.481 e. The number of aromatic nitrogens is 1. The molecule has 7 N–H and O–H groups in total. The average Bonchev–Trinajstić information content (AvgIpc) is 3.13. The first-order valence-corrected chi connectivity index (χ1v) is 12.6. The van der Waals surface area contributed by atoms with Gasteiger partial charge < -0.3 is 31.1 Å². The number of carboxylic acids is 1. The first-order chi connectivity index (χ1) is 16.8. The van der Waals surface area contributed by atoms with E-state index in [1.165, 1.54) is 6.20 Å². The summed E-state index contributed by atoms with van der Waals surface area (Å²) in [5.41, 5.74) is 2.44. The Morgan fingerprint density at radius 3 is 2.38 bits per heavy atom. The molecule has 37 heavy (non-hydrogen) atoms. The molecule has 0 unspecified atom stereocenters. The molecule has 0 aliphatic carbocycles. The number of ether oxygens (including phenoxy) is 1. The number of nitrogens with one attached hydrogen (secondary N) is 2. The Kier molecular flexibility index (Phi) is 23.8. The number of amides is 1. The lowest BCUT2D eigenvalue weighted by Gasteiger charge is -2.04. The molecule has 0 aliphatic heterocycles. The number of H-pyrrole nitrogens is 1. The van der Waals surface area contributed by atoms with Gasteiger partial charge in [0.25, 0.3) is 5.91 Å². The van der Waals surface area contributed by atoms with Crippen molar-refractivity contribution in [1.82, 2.24) is 10.3 Å². The van der Waals surface area contributed by atoms with Gasteiger partial charge in [-0.15, -0.1) is 13.2 Å². The number of carboxylic acid groups (broad SMARTS) is 1. The summed E-state index contributed by atoms with van der Waals surface area (Å²) in [4.78, 5) is 39.2. The van der Waals surface area contributed by atoms with E-state index in [1.807, 2.05) is 19.1 Å². The van der Waals surface area contributed by atoms with Gasteiger partial charge >= 0.3 is 11.9 Å². The molecule has 0 saturated carbocycles. The Bertz CT molecular complexity index is 947. The molecule has 9 nitrogen and oxygen atoms in total. The number of carbonyl (C=O) groups excluding carboxylic acids is 2. The third-order valence-electron chi connectivity index (χ3n) is 4.40. The highest BCUT2D eigenvalue weighted by Gasteiger charge is 2.20. The van der Waals surface area contributed by atoms with Gasteiger partial charge in [0.2, 0.25) is 0 Å². The van der Waals surface area contributed by atoms with Crippen LogP contribution in [0.2, 0.25) is 0 Å². The Balaban J connectivity index is -0.00000220. The highest BCUT2D eigenvalue weighted by molar-refractivity contribution is 7.99. The van der Waals surface area contributed by atoms with E-state index < -0.39 is 11.9 Å². The Morgan fingerprint density at radius 2 is 1.84 bits per heavy atom. The van der Waals surface area contributed by atoms with Crippen molar-refractivity contribution in [2.75, 3.05) is 18.1 Å². The van der Waals surface area contributed by atoms with Crippen molar-refractivity contribution in [3.63, 3.8) is 0 Å². The predicted octanol–water partition coefficient (Wildman–Crippen LogP) is 3.96. The van der Waals surface area contributed by atoms with Crippen molar-refractivity contribution in [2.24, 2.45) is 0 Å². The number of aromatic amines is 1. The van der Waals surface area contributed by atoms with Crippen LogP contribution in [-0.2, 0) is 20.7 Å². The number of rotatable bonds is 14. The van der Waals surface area contributed by atoms with E-state index in [0.29, 0.717) is 22.4 Å². The first kappa shape index (κ1) is 38.2. The zero-order valence-corrected chi connectivity index (χ0v) is 23.0. The molecular formula is C27H42N2O7S. The summed E-state index contributed by atoms with van der Waals surface area (Å²) in [5, 5.41) is 11.8. The maximum absolute atomic E-state index is 12.7. The number of esters is 1. The minimum Gasteiger partial charge on any atom is -0.481 e. The van der Waals surface area contributed by atoms with Crippen LogP contribution in [0.4, 0.5) is 0 Å². The van der Waals surface area contributed by atoms with Crippen LogP contribution in [-0.4, -0.2) is 57.0 Å². The zero-order chi connectivity index (χ0) is 26.6. The molecule has 1 heterocycles. The van der Waals surface area contributed by atoms with Gasteiger partial charge in [-0.05, 0) is 69.7 Å². The van der Waals surface area contributed by atoms with E-state index in [2.05, 4.69) is 23.5 Å². The fourth-order valence-corrected chi connectivity index (χ4v) is 3.55. The smallest absolute Gasteiger partial charge is 0.355 e. The van der Waals surface area contributed by atoms with E-state index in [4.69, 9.17) is 9.84 Å². The van der Waals surface area contributed by atoms with E-state index >= 15 is 0 Å². The molecule has 0 bridgehead atoms. The third-order valence-corrected chi connectivity index (χ3v) is 5.35. The van der Waals surface area contributed by atoms with Crippen LogP contribution in [0.5, 0.6) is 0 Å². The van der Waals surface area contributed by atoms with Gasteiger partial charge in [0, 0.05) is 23.4 Å². The van der Waals surface area contributed by atoms with Crippen LogP contribution < -0.4 is 5.32 Å². The SMILES string of the molecule is C=CC.C=CCCSC/C=C/C(=C/c1[nH]c(C(=O)OCC)c(C)c1CCC(=O)O)C(=O)N/C=C/C.O.O. The van der Waals surface area contributed by atoms with E-state index in [9.17, 15) is 14.4 Å². The molecule has 0 aromatic carbocycles. The normalized spacial score (nSPS) is 10.5. The van der Waals surface area contributed by atoms with Gasteiger partial charge in [0.05, 0.1) is 6.61 Å². The minimum atomic E-state index is -0.944. The number of allylic oxidation sites excluding steroid dienone is 3. The number of carbonyl (C=O) groups is 3. The topological polar surface area (TPSA) is 171 Å². The molecule has 1 rings (SSSR count). The molecule has 10 heteroatoms. The molecule has 0 saturated heterocycles. The second kappa shape index (κ2) is 23.1. The Labute approximate surface area is 224 Å². The summed E-state index contributed by atoms with van der Waals surface area (Å²) < 4.78 is 5.10. The van der Waals surface area contributed by atoms with Gasteiger partial charge in [0.1, 0.15) is 5.69 Å². The lowest BCUT2D eigenvalue weighted by Crippen LogP contribution is -2.18. The van der Waals surface area contributed by atoms with Gasteiger partial charge in [-0.1, -0.05) is 30.4 Å². The van der Waals surface area contributed by atoms with Crippen molar-refractivity contribution in [1.29, 1.82) is 0 Å². The van der Waals surface area contributed by atoms with Gasteiger partial charge in [-0.3, -0.25) is 9.59 Å². The standard InChI is InChI=1S/C24H32N2O5S.C3H6.2H2O/c1-5-8-14-32-15-9-10-18(23(29)25-13-6-2)16-20-19(11-12-21(27)28)17(4)22(26-20)24(30)31-7-3;1-3-2;;/h5-6,9-10,13,16,26H,1,7-8,11-12,14-15H2,2-4H3,(H,25,29)(H,27,28);3H,1H2,2H3;2*1H2/b10-9+,13-6+,18-16-;;;.